The molecule has 0 spiro atoms. The van der Waals surface area contributed by atoms with Gasteiger partial charge in [0, 0.05) is 28.3 Å². The van der Waals surface area contributed by atoms with Crippen LogP contribution >= 0.6 is 0 Å². The van der Waals surface area contributed by atoms with Crippen LogP contribution in [-0.4, -0.2) is 18.4 Å². The van der Waals surface area contributed by atoms with Crippen molar-refractivity contribution in [1.29, 1.82) is 0 Å². The van der Waals surface area contributed by atoms with Gasteiger partial charge >= 0.3 is 0 Å². The predicted octanol–water partition coefficient (Wildman–Crippen LogP) is 3.72. The summed E-state index contributed by atoms with van der Waals surface area (Å²) in [5.74, 6) is 0.729. The maximum Gasteiger partial charge on any atom is 0.150 e. The summed E-state index contributed by atoms with van der Waals surface area (Å²) in [4.78, 5) is 15.4. The number of aromatic nitrogens is 1. The number of benzene rings is 2. The summed E-state index contributed by atoms with van der Waals surface area (Å²) in [7, 11) is 1.62. The Labute approximate surface area is 116 Å². The normalized spacial score (nSPS) is 10.4. The van der Waals surface area contributed by atoms with Gasteiger partial charge in [-0.25, -0.2) is 0 Å². The number of hydrogen-bond acceptors (Lipinski definition) is 3. The summed E-state index contributed by atoms with van der Waals surface area (Å²) < 4.78 is 5.37. The topological polar surface area (TPSA) is 39.2 Å². The van der Waals surface area contributed by atoms with Crippen molar-refractivity contribution >= 4 is 17.2 Å². The quantitative estimate of drug-likeness (QED) is 0.676. The highest BCUT2D eigenvalue weighted by atomic mass is 16.5. The second-order valence-corrected chi connectivity index (χ2v) is 4.49. The number of methoxy groups -OCH3 is 1. The third-order valence-corrected chi connectivity index (χ3v) is 3.26. The number of nitrogens with zero attached hydrogens (tertiary/aromatic N) is 1. The molecular formula is C17H13NO2. The van der Waals surface area contributed by atoms with Gasteiger partial charge in [-0.15, -0.1) is 0 Å². The van der Waals surface area contributed by atoms with E-state index in [2.05, 4.69) is 11.1 Å². The third kappa shape index (κ3) is 2.14. The van der Waals surface area contributed by atoms with E-state index in [1.54, 1.807) is 25.4 Å². The minimum absolute atomic E-state index is 0.619. The van der Waals surface area contributed by atoms with Crippen molar-refractivity contribution in [2.45, 2.75) is 0 Å². The van der Waals surface area contributed by atoms with Crippen molar-refractivity contribution in [3.05, 3.63) is 60.3 Å². The molecule has 0 N–H and O–H groups in total. The van der Waals surface area contributed by atoms with E-state index in [9.17, 15) is 4.79 Å². The summed E-state index contributed by atoms with van der Waals surface area (Å²) in [6.45, 7) is 0. The molecule has 0 aliphatic carbocycles. The van der Waals surface area contributed by atoms with E-state index < -0.39 is 0 Å². The number of fused-ring (bicyclic) bond motifs is 1. The van der Waals surface area contributed by atoms with Gasteiger partial charge in [0.25, 0.3) is 0 Å². The summed E-state index contributed by atoms with van der Waals surface area (Å²) in [6.07, 6.45) is 2.63. The monoisotopic (exact) mass is 263 g/mol. The number of aldehydes is 1. The Morgan fingerprint density at radius 1 is 1.10 bits per heavy atom. The lowest BCUT2D eigenvalue weighted by Crippen LogP contribution is -1.91. The minimum atomic E-state index is 0.619. The number of carbonyl (C=O) groups excluding carboxylic acids is 1. The van der Waals surface area contributed by atoms with Gasteiger partial charge in [-0.05, 0) is 30.3 Å². The summed E-state index contributed by atoms with van der Waals surface area (Å²) in [6, 6.07) is 15.3. The van der Waals surface area contributed by atoms with Gasteiger partial charge < -0.3 is 4.74 Å². The smallest absolute Gasteiger partial charge is 0.150 e. The minimum Gasteiger partial charge on any atom is -0.496 e. The van der Waals surface area contributed by atoms with Crippen LogP contribution < -0.4 is 4.74 Å². The third-order valence-electron chi connectivity index (χ3n) is 3.26. The van der Waals surface area contributed by atoms with Crippen LogP contribution in [0.4, 0.5) is 0 Å². The second kappa shape index (κ2) is 5.13. The predicted molar refractivity (Wildman–Crippen MR) is 79.1 cm³/mol. The number of hydrogen-bond donors (Lipinski definition) is 0. The second-order valence-electron chi connectivity index (χ2n) is 4.49. The van der Waals surface area contributed by atoms with E-state index in [1.165, 1.54) is 0 Å². The molecule has 20 heavy (non-hydrogen) atoms. The van der Waals surface area contributed by atoms with Crippen molar-refractivity contribution in [2.75, 3.05) is 7.11 Å². The molecule has 0 bridgehead atoms. The molecule has 0 aliphatic heterocycles. The molecule has 0 atom stereocenters. The highest BCUT2D eigenvalue weighted by Gasteiger charge is 2.08. The maximum absolute atomic E-state index is 10.9. The molecule has 2 aromatic carbocycles. The van der Waals surface area contributed by atoms with Gasteiger partial charge in [0.1, 0.15) is 12.0 Å². The first-order chi connectivity index (χ1) is 9.81. The van der Waals surface area contributed by atoms with Gasteiger partial charge in [-0.3, -0.25) is 9.78 Å². The lowest BCUT2D eigenvalue weighted by atomic mass is 10.0. The molecule has 3 aromatic rings. The molecule has 0 saturated heterocycles. The zero-order valence-corrected chi connectivity index (χ0v) is 11.0. The average Bonchev–Trinajstić information content (AvgIpc) is 2.53. The Morgan fingerprint density at radius 3 is 2.75 bits per heavy atom. The average molecular weight is 263 g/mol. The number of rotatable bonds is 3. The Bertz CT molecular complexity index is 781. The van der Waals surface area contributed by atoms with Crippen LogP contribution in [0.5, 0.6) is 5.75 Å². The molecule has 1 aromatic heterocycles. The molecular weight excluding hydrogens is 250 g/mol. The number of pyridine rings is 1. The summed E-state index contributed by atoms with van der Waals surface area (Å²) in [5.41, 5.74) is 3.37. The fraction of sp³-hybridized carbons (Fsp3) is 0.0588. The highest BCUT2D eigenvalue weighted by molar-refractivity contribution is 5.86. The summed E-state index contributed by atoms with van der Waals surface area (Å²) >= 11 is 0. The largest absolute Gasteiger partial charge is 0.496 e. The molecule has 3 heteroatoms. The molecule has 0 amide bonds. The van der Waals surface area contributed by atoms with Crippen molar-refractivity contribution in [1.82, 2.24) is 4.98 Å². The lowest BCUT2D eigenvalue weighted by molar-refractivity contribution is 0.112. The first-order valence-electron chi connectivity index (χ1n) is 6.30. The molecule has 0 aliphatic rings. The van der Waals surface area contributed by atoms with Crippen LogP contribution in [-0.2, 0) is 0 Å². The first kappa shape index (κ1) is 12.4. The molecule has 3 rings (SSSR count). The molecule has 98 valence electrons. The molecule has 1 heterocycles. The zero-order chi connectivity index (χ0) is 13.9. The van der Waals surface area contributed by atoms with Gasteiger partial charge in [-0.2, -0.15) is 0 Å². The standard InChI is InChI=1S/C17H13NO2/c1-20-17-7-6-12(11-19)8-15(17)14-9-13-4-2-3-5-16(13)18-10-14/h2-11H,1H3. The molecule has 0 fully saturated rings. The fourth-order valence-electron chi connectivity index (χ4n) is 2.24. The van der Waals surface area contributed by atoms with E-state index >= 15 is 0 Å². The van der Waals surface area contributed by atoms with Crippen LogP contribution in [0.3, 0.4) is 0 Å². The number of ether oxygens (including phenoxy) is 1. The van der Waals surface area contributed by atoms with Gasteiger partial charge in [0.05, 0.1) is 12.6 Å². The van der Waals surface area contributed by atoms with Crippen LogP contribution in [0, 0.1) is 0 Å². The van der Waals surface area contributed by atoms with Gasteiger partial charge in [0.15, 0.2) is 0 Å². The van der Waals surface area contributed by atoms with Crippen LogP contribution in [0.25, 0.3) is 22.0 Å². The van der Waals surface area contributed by atoms with Gasteiger partial charge in [-0.1, -0.05) is 18.2 Å². The molecule has 0 saturated carbocycles. The van der Waals surface area contributed by atoms with Crippen LogP contribution in [0.1, 0.15) is 10.4 Å². The van der Waals surface area contributed by atoms with Crippen molar-refractivity contribution in [2.24, 2.45) is 0 Å². The first-order valence-corrected chi connectivity index (χ1v) is 6.30. The molecule has 0 unspecified atom stereocenters. The Morgan fingerprint density at radius 2 is 1.95 bits per heavy atom. The summed E-state index contributed by atoms with van der Waals surface area (Å²) in [5, 5.41) is 1.06. The van der Waals surface area contributed by atoms with Crippen molar-refractivity contribution < 1.29 is 9.53 Å². The molecule has 3 nitrogen and oxygen atoms in total. The van der Waals surface area contributed by atoms with E-state index in [4.69, 9.17) is 4.74 Å². The van der Waals surface area contributed by atoms with Crippen molar-refractivity contribution in [3.8, 4) is 16.9 Å². The SMILES string of the molecule is COc1ccc(C=O)cc1-c1cnc2ccccc2c1. The number of para-hydroxylation sites is 1. The Kier molecular flexibility index (Phi) is 3.17. The lowest BCUT2D eigenvalue weighted by Gasteiger charge is -2.09. The van der Waals surface area contributed by atoms with E-state index in [0.717, 1.165) is 34.1 Å². The zero-order valence-electron chi connectivity index (χ0n) is 11.0. The molecule has 0 radical (unpaired) electrons. The fourth-order valence-corrected chi connectivity index (χ4v) is 2.24. The van der Waals surface area contributed by atoms with Gasteiger partial charge in [0.2, 0.25) is 0 Å². The van der Waals surface area contributed by atoms with Crippen LogP contribution in [0.15, 0.2) is 54.7 Å². The Hall–Kier alpha value is -2.68. The Balaban J connectivity index is 2.21. The highest BCUT2D eigenvalue weighted by Crippen LogP contribution is 2.31. The van der Waals surface area contributed by atoms with E-state index in [0.29, 0.717) is 5.56 Å². The van der Waals surface area contributed by atoms with E-state index in [-0.39, 0.29) is 0 Å². The van der Waals surface area contributed by atoms with Crippen molar-refractivity contribution in [3.63, 3.8) is 0 Å². The number of carbonyl (C=O) groups is 1. The van der Waals surface area contributed by atoms with Crippen LogP contribution in [0.2, 0.25) is 0 Å². The van der Waals surface area contributed by atoms with E-state index in [1.807, 2.05) is 30.3 Å². The maximum atomic E-state index is 10.9.